The zero-order chi connectivity index (χ0) is 29.2. The minimum Gasteiger partial charge on any atom is -0.318 e. The van der Waals surface area contributed by atoms with Crippen molar-refractivity contribution in [3.8, 4) is 0 Å². The number of aromatic nitrogens is 1. The predicted molar refractivity (Wildman–Crippen MR) is 183 cm³/mol. The molecule has 1 aromatic carbocycles. The van der Waals surface area contributed by atoms with Crippen LogP contribution in [0.3, 0.4) is 0 Å². The number of benzene rings is 1. The van der Waals surface area contributed by atoms with Gasteiger partial charge in [-0.2, -0.15) is 5.10 Å². The fraction of sp³-hybridized carbons (Fsp3) is 0.771. The number of thiazole rings is 1. The summed E-state index contributed by atoms with van der Waals surface area (Å²) < 4.78 is 3.49. The highest BCUT2D eigenvalue weighted by molar-refractivity contribution is 9.12. The van der Waals surface area contributed by atoms with E-state index >= 15 is 0 Å². The molecule has 0 bridgehead atoms. The molecule has 0 saturated heterocycles. The van der Waals surface area contributed by atoms with Crippen LogP contribution in [0, 0.1) is 46.3 Å². The molecule has 4 saturated carbocycles. The highest BCUT2D eigenvalue weighted by Crippen LogP contribution is 2.71. The predicted octanol–water partition coefficient (Wildman–Crippen LogP) is 10.5. The summed E-state index contributed by atoms with van der Waals surface area (Å²) in [6.07, 6.45) is 14.9. The Morgan fingerprint density at radius 1 is 0.976 bits per heavy atom. The number of hydrogen-bond donors (Lipinski definition) is 0. The van der Waals surface area contributed by atoms with Crippen LogP contribution < -0.4 is 4.80 Å². The number of alkyl halides is 2. The SMILES string of the molecule is CC(C)CCC[C@@H](C)[C@H]1CC[C@H]2[C@@H]3CCC4(Br)C(Br)/C(=N/N=c5/sc6ccccc6n5C)CC[C@]4(C)[C@H]3CC[C@]12C. The molecule has 4 fully saturated rings. The van der Waals surface area contributed by atoms with Crippen molar-refractivity contribution >= 4 is 59.1 Å². The van der Waals surface area contributed by atoms with E-state index in [0.29, 0.717) is 5.41 Å². The van der Waals surface area contributed by atoms with Crippen molar-refractivity contribution in [3.05, 3.63) is 29.1 Å². The molecule has 41 heavy (non-hydrogen) atoms. The van der Waals surface area contributed by atoms with Gasteiger partial charge in [0.1, 0.15) is 0 Å². The van der Waals surface area contributed by atoms with Crippen LogP contribution >= 0.6 is 43.2 Å². The van der Waals surface area contributed by atoms with Gasteiger partial charge in [0.2, 0.25) is 4.80 Å². The van der Waals surface area contributed by atoms with Gasteiger partial charge in [-0.3, -0.25) is 0 Å². The van der Waals surface area contributed by atoms with Gasteiger partial charge < -0.3 is 4.57 Å². The number of fused-ring (bicyclic) bond motifs is 6. The first-order valence-corrected chi connectivity index (χ1v) is 19.0. The van der Waals surface area contributed by atoms with E-state index in [9.17, 15) is 0 Å². The first kappa shape index (κ1) is 30.6. The minimum absolute atomic E-state index is 0.0476. The lowest BCUT2D eigenvalue weighted by Crippen LogP contribution is -2.64. The molecule has 2 aromatic rings. The molecule has 2 unspecified atom stereocenters. The standard InChI is InChI=1S/C35H51Br2N3S/c1-22(2)10-9-11-23(3)25-14-15-26-24-16-21-35(37)31(36)28(18-20-34(35,5)27(24)17-19-33(25,26)4)38-39-32-40(6)29-12-7-8-13-30(29)41-32/h7-8,12-13,22-27,31H,9-11,14-21H2,1-6H3/b38-28+,39-32+/t23-,24+,25-,26+,27+,31?,33-,34-,35?/m1/s1. The smallest absolute Gasteiger partial charge is 0.211 e. The van der Waals surface area contributed by atoms with Crippen molar-refractivity contribution in [2.24, 2.45) is 63.6 Å². The second kappa shape index (κ2) is 11.5. The topological polar surface area (TPSA) is 29.6 Å². The first-order chi connectivity index (χ1) is 19.5. The number of para-hydroxylation sites is 1. The quantitative estimate of drug-likeness (QED) is 0.212. The average Bonchev–Trinajstić information content (AvgIpc) is 3.46. The summed E-state index contributed by atoms with van der Waals surface area (Å²) in [6.45, 7) is 12.7. The van der Waals surface area contributed by atoms with E-state index in [1.54, 1.807) is 11.3 Å². The van der Waals surface area contributed by atoms with Crippen molar-refractivity contribution in [1.82, 2.24) is 4.57 Å². The van der Waals surface area contributed by atoms with Gasteiger partial charge in [0.15, 0.2) is 0 Å². The monoisotopic (exact) mass is 703 g/mol. The third-order valence-corrected chi connectivity index (χ3v) is 17.6. The Morgan fingerprint density at radius 2 is 1.76 bits per heavy atom. The highest BCUT2D eigenvalue weighted by atomic mass is 79.9. The van der Waals surface area contributed by atoms with E-state index in [2.05, 4.69) is 102 Å². The summed E-state index contributed by atoms with van der Waals surface area (Å²) in [6, 6.07) is 8.54. The molecule has 0 amide bonds. The van der Waals surface area contributed by atoms with Crippen LogP contribution in [0.15, 0.2) is 34.5 Å². The molecular formula is C35H51Br2N3S. The number of aryl methyl sites for hydroxylation is 1. The van der Waals surface area contributed by atoms with Crippen LogP contribution in [-0.4, -0.2) is 19.4 Å². The number of nitrogens with zero attached hydrogens (tertiary/aromatic N) is 3. The van der Waals surface area contributed by atoms with E-state index in [4.69, 9.17) is 10.2 Å². The van der Waals surface area contributed by atoms with Gasteiger partial charge in [0, 0.05) is 11.4 Å². The summed E-state index contributed by atoms with van der Waals surface area (Å²) in [5, 5.41) is 9.76. The van der Waals surface area contributed by atoms with Gasteiger partial charge >= 0.3 is 0 Å². The van der Waals surface area contributed by atoms with Gasteiger partial charge in [-0.05, 0) is 110 Å². The molecule has 226 valence electrons. The lowest BCUT2D eigenvalue weighted by atomic mass is 9.44. The highest BCUT2D eigenvalue weighted by Gasteiger charge is 2.66. The van der Waals surface area contributed by atoms with Crippen LogP contribution in [0.5, 0.6) is 0 Å². The van der Waals surface area contributed by atoms with Crippen LogP contribution in [0.1, 0.15) is 105 Å². The van der Waals surface area contributed by atoms with Gasteiger partial charge in [0.05, 0.1) is 20.8 Å². The van der Waals surface area contributed by atoms with Gasteiger partial charge in [0.25, 0.3) is 0 Å². The Labute approximate surface area is 269 Å². The van der Waals surface area contributed by atoms with Gasteiger partial charge in [-0.1, -0.05) is 109 Å². The number of rotatable bonds is 6. The maximum absolute atomic E-state index is 4.95. The van der Waals surface area contributed by atoms with Crippen molar-refractivity contribution in [2.45, 2.75) is 114 Å². The summed E-state index contributed by atoms with van der Waals surface area (Å²) >= 11 is 10.4. The summed E-state index contributed by atoms with van der Waals surface area (Å²) in [5.74, 6) is 5.25. The van der Waals surface area contributed by atoms with E-state index in [0.717, 1.165) is 46.7 Å². The van der Waals surface area contributed by atoms with Crippen LogP contribution in [0.2, 0.25) is 0 Å². The van der Waals surface area contributed by atoms with Crippen LogP contribution in [0.25, 0.3) is 10.2 Å². The van der Waals surface area contributed by atoms with Crippen LogP contribution in [-0.2, 0) is 7.05 Å². The molecule has 4 aliphatic rings. The lowest BCUT2D eigenvalue weighted by molar-refractivity contribution is -0.0917. The zero-order valence-electron chi connectivity index (χ0n) is 26.1. The third kappa shape index (κ3) is 5.00. The largest absolute Gasteiger partial charge is 0.318 e. The molecule has 0 aliphatic heterocycles. The first-order valence-electron chi connectivity index (χ1n) is 16.5. The lowest BCUT2D eigenvalue weighted by Gasteiger charge is -2.65. The number of halogens is 2. The molecule has 0 N–H and O–H groups in total. The molecular weight excluding hydrogens is 654 g/mol. The summed E-state index contributed by atoms with van der Waals surface area (Å²) in [5.41, 5.74) is 3.27. The normalized spacial score (nSPS) is 41.0. The molecule has 6 rings (SSSR count). The minimum atomic E-state index is 0.0476. The Kier molecular flexibility index (Phi) is 8.55. The summed E-state index contributed by atoms with van der Waals surface area (Å²) in [4.78, 5) is 1.20. The maximum atomic E-state index is 4.95. The Bertz CT molecular complexity index is 1360. The molecule has 9 atom stereocenters. The summed E-state index contributed by atoms with van der Waals surface area (Å²) in [7, 11) is 2.10. The van der Waals surface area contributed by atoms with Crippen LogP contribution in [0.4, 0.5) is 0 Å². The fourth-order valence-corrected chi connectivity index (χ4v) is 13.5. The average molecular weight is 706 g/mol. The molecule has 0 radical (unpaired) electrons. The van der Waals surface area contributed by atoms with Crippen molar-refractivity contribution in [1.29, 1.82) is 0 Å². The van der Waals surface area contributed by atoms with Gasteiger partial charge in [-0.15, -0.1) is 5.10 Å². The van der Waals surface area contributed by atoms with E-state index < -0.39 is 0 Å². The van der Waals surface area contributed by atoms with E-state index in [-0.39, 0.29) is 14.6 Å². The molecule has 4 aliphatic carbocycles. The molecule has 3 nitrogen and oxygen atoms in total. The number of hydrogen-bond acceptors (Lipinski definition) is 3. The van der Waals surface area contributed by atoms with Crippen molar-refractivity contribution in [2.75, 3.05) is 0 Å². The van der Waals surface area contributed by atoms with Crippen molar-refractivity contribution in [3.63, 3.8) is 0 Å². The Morgan fingerprint density at radius 3 is 2.51 bits per heavy atom. The van der Waals surface area contributed by atoms with E-state index in [1.807, 2.05) is 0 Å². The molecule has 6 heteroatoms. The molecule has 1 aromatic heterocycles. The zero-order valence-corrected chi connectivity index (χ0v) is 30.1. The Hall–Kier alpha value is -0.460. The van der Waals surface area contributed by atoms with Crippen molar-refractivity contribution < 1.29 is 0 Å². The third-order valence-electron chi connectivity index (χ3n) is 12.8. The second-order valence-corrected chi connectivity index (χ2v) is 18.5. The van der Waals surface area contributed by atoms with Gasteiger partial charge in [-0.25, -0.2) is 0 Å². The second-order valence-electron chi connectivity index (χ2n) is 15.2. The van der Waals surface area contributed by atoms with E-state index in [1.165, 1.54) is 80.1 Å². The maximum Gasteiger partial charge on any atom is 0.211 e. The fourth-order valence-electron chi connectivity index (χ4n) is 10.4. The molecule has 1 heterocycles. The Balaban J connectivity index is 1.21. The molecule has 0 spiro atoms.